The second kappa shape index (κ2) is 11.5. The van der Waals surface area contributed by atoms with E-state index in [1.807, 2.05) is 24.3 Å². The van der Waals surface area contributed by atoms with E-state index in [1.165, 1.54) is 41.0 Å². The molecule has 0 radical (unpaired) electrons. The van der Waals surface area contributed by atoms with Crippen molar-refractivity contribution in [1.29, 1.82) is 0 Å². The zero-order valence-corrected chi connectivity index (χ0v) is 21.2. The van der Waals surface area contributed by atoms with Crippen LogP contribution in [-0.4, -0.2) is 58.5 Å². The monoisotopic (exact) mass is 527 g/mol. The van der Waals surface area contributed by atoms with Crippen molar-refractivity contribution in [3.05, 3.63) is 70.5 Å². The summed E-state index contributed by atoms with van der Waals surface area (Å²) in [6.45, 7) is 4.21. The number of nitrogens with one attached hydrogen (secondary N) is 1. The molecule has 1 aromatic heterocycles. The van der Waals surface area contributed by atoms with Gasteiger partial charge in [0.25, 0.3) is 0 Å². The summed E-state index contributed by atoms with van der Waals surface area (Å²) in [7, 11) is 0. The van der Waals surface area contributed by atoms with Gasteiger partial charge in [0, 0.05) is 26.1 Å². The van der Waals surface area contributed by atoms with E-state index in [-0.39, 0.29) is 24.1 Å². The van der Waals surface area contributed by atoms with Gasteiger partial charge >= 0.3 is 0 Å². The number of morpholine rings is 1. The Morgan fingerprint density at radius 1 is 1.03 bits per heavy atom. The van der Waals surface area contributed by atoms with Crippen LogP contribution in [0.5, 0.6) is 0 Å². The van der Waals surface area contributed by atoms with Crippen molar-refractivity contribution < 1.29 is 18.7 Å². The summed E-state index contributed by atoms with van der Waals surface area (Å²) in [6.07, 6.45) is 1.48. The van der Waals surface area contributed by atoms with E-state index in [1.54, 1.807) is 16.4 Å². The lowest BCUT2D eigenvalue weighted by Crippen LogP contribution is -2.35. The van der Waals surface area contributed by atoms with Gasteiger partial charge in [0.1, 0.15) is 16.1 Å². The minimum Gasteiger partial charge on any atom is -0.379 e. The molecule has 5 rings (SSSR count). The van der Waals surface area contributed by atoms with Crippen molar-refractivity contribution in [2.75, 3.05) is 35.9 Å². The first-order valence-electron chi connectivity index (χ1n) is 11.8. The molecule has 2 aliphatic heterocycles. The fourth-order valence-corrected chi connectivity index (χ4v) is 5.86. The van der Waals surface area contributed by atoms with E-state index in [2.05, 4.69) is 20.4 Å². The third kappa shape index (κ3) is 6.28. The Hall–Kier alpha value is -2.86. The summed E-state index contributed by atoms with van der Waals surface area (Å²) in [5.74, 6) is -0.623. The summed E-state index contributed by atoms with van der Waals surface area (Å²) in [6, 6.07) is 14.3. The van der Waals surface area contributed by atoms with E-state index < -0.39 is 5.25 Å². The number of aromatic nitrogens is 2. The SMILES string of the molecule is O=C(Nc1nnc(CCc2ccc(F)cc2)s1)[C@H]1CC(=O)N(c2ccc(CN3CCOCC3)cc2)S1. The van der Waals surface area contributed by atoms with Crippen LogP contribution in [0.4, 0.5) is 15.2 Å². The number of carbonyl (C=O) groups excluding carboxylic acids is 2. The van der Waals surface area contributed by atoms with Crippen molar-refractivity contribution in [2.45, 2.75) is 31.1 Å². The lowest BCUT2D eigenvalue weighted by molar-refractivity contribution is -0.120. The van der Waals surface area contributed by atoms with Gasteiger partial charge in [-0.3, -0.25) is 24.1 Å². The number of nitrogens with zero attached hydrogens (tertiary/aromatic N) is 4. The van der Waals surface area contributed by atoms with Crippen LogP contribution in [0.2, 0.25) is 0 Å². The summed E-state index contributed by atoms with van der Waals surface area (Å²) in [4.78, 5) is 27.8. The molecular weight excluding hydrogens is 501 g/mol. The molecule has 2 aromatic carbocycles. The second-order valence-corrected chi connectivity index (χ2v) is 10.9. The molecule has 2 saturated heterocycles. The summed E-state index contributed by atoms with van der Waals surface area (Å²) < 4.78 is 20.0. The van der Waals surface area contributed by atoms with Gasteiger partial charge in [-0.2, -0.15) is 0 Å². The highest BCUT2D eigenvalue weighted by atomic mass is 32.2. The Bertz CT molecular complexity index is 1200. The molecule has 0 saturated carbocycles. The van der Waals surface area contributed by atoms with E-state index in [4.69, 9.17) is 4.74 Å². The van der Waals surface area contributed by atoms with Crippen LogP contribution in [-0.2, 0) is 33.7 Å². The predicted molar refractivity (Wildman–Crippen MR) is 138 cm³/mol. The van der Waals surface area contributed by atoms with Crippen LogP contribution in [0, 0.1) is 5.82 Å². The first kappa shape index (κ1) is 24.8. The predicted octanol–water partition coefficient (Wildman–Crippen LogP) is 3.69. The first-order chi connectivity index (χ1) is 17.5. The van der Waals surface area contributed by atoms with Crippen LogP contribution in [0.15, 0.2) is 48.5 Å². The third-order valence-corrected chi connectivity index (χ3v) is 8.19. The maximum atomic E-state index is 13.1. The van der Waals surface area contributed by atoms with Crippen LogP contribution in [0.25, 0.3) is 0 Å². The number of amides is 2. The quantitative estimate of drug-likeness (QED) is 0.447. The zero-order chi connectivity index (χ0) is 24.9. The number of benzene rings is 2. The molecule has 11 heteroatoms. The van der Waals surface area contributed by atoms with Gasteiger partial charge in [-0.1, -0.05) is 35.6 Å². The molecule has 0 aliphatic carbocycles. The molecule has 3 aromatic rings. The molecule has 2 fully saturated rings. The molecule has 0 spiro atoms. The number of aryl methyl sites for hydroxylation is 2. The standard InChI is InChI=1S/C25H26FN5O3S2/c26-19-6-1-17(2-7-19)5-10-22-28-29-25(35-22)27-24(33)21-15-23(32)31(36-21)20-8-3-18(4-9-20)16-30-11-13-34-14-12-30/h1-4,6-9,21H,5,10-16H2,(H,27,29,33)/t21-/m1/s1. The lowest BCUT2D eigenvalue weighted by Gasteiger charge is -2.26. The Labute approximate surface area is 217 Å². The maximum absolute atomic E-state index is 13.1. The summed E-state index contributed by atoms with van der Waals surface area (Å²) in [5, 5.41) is 11.7. The van der Waals surface area contributed by atoms with E-state index in [0.29, 0.717) is 18.0 Å². The van der Waals surface area contributed by atoms with Crippen molar-refractivity contribution in [3.63, 3.8) is 0 Å². The number of hydrogen-bond donors (Lipinski definition) is 1. The van der Waals surface area contributed by atoms with Gasteiger partial charge in [-0.05, 0) is 53.8 Å². The van der Waals surface area contributed by atoms with Gasteiger partial charge in [-0.15, -0.1) is 10.2 Å². The summed E-state index contributed by atoms with van der Waals surface area (Å²) in [5.41, 5.74) is 2.95. The van der Waals surface area contributed by atoms with Gasteiger partial charge in [0.15, 0.2) is 0 Å². The van der Waals surface area contributed by atoms with Crippen molar-refractivity contribution in [3.8, 4) is 0 Å². The molecule has 8 nitrogen and oxygen atoms in total. The average molecular weight is 528 g/mol. The van der Waals surface area contributed by atoms with Gasteiger partial charge in [0.2, 0.25) is 16.9 Å². The Balaban J connectivity index is 1.12. The highest BCUT2D eigenvalue weighted by molar-refractivity contribution is 8.03. The molecule has 36 heavy (non-hydrogen) atoms. The van der Waals surface area contributed by atoms with Crippen LogP contribution in [0.3, 0.4) is 0 Å². The smallest absolute Gasteiger partial charge is 0.241 e. The van der Waals surface area contributed by atoms with Crippen LogP contribution >= 0.6 is 23.3 Å². The maximum Gasteiger partial charge on any atom is 0.241 e. The molecule has 1 N–H and O–H groups in total. The Morgan fingerprint density at radius 3 is 2.50 bits per heavy atom. The number of ether oxygens (including phenoxy) is 1. The molecule has 2 aliphatic rings. The highest BCUT2D eigenvalue weighted by Crippen LogP contribution is 2.36. The topological polar surface area (TPSA) is 87.7 Å². The third-order valence-electron chi connectivity index (χ3n) is 6.03. The Morgan fingerprint density at radius 2 is 1.75 bits per heavy atom. The molecular formula is C25H26FN5O3S2. The highest BCUT2D eigenvalue weighted by Gasteiger charge is 2.37. The van der Waals surface area contributed by atoms with Crippen molar-refractivity contribution in [1.82, 2.24) is 15.1 Å². The largest absolute Gasteiger partial charge is 0.379 e. The molecule has 0 unspecified atom stereocenters. The number of halogens is 1. The lowest BCUT2D eigenvalue weighted by atomic mass is 10.1. The van der Waals surface area contributed by atoms with E-state index >= 15 is 0 Å². The van der Waals surface area contributed by atoms with Gasteiger partial charge < -0.3 is 4.74 Å². The van der Waals surface area contributed by atoms with E-state index in [0.717, 1.165) is 49.1 Å². The van der Waals surface area contributed by atoms with Gasteiger partial charge in [0.05, 0.1) is 25.3 Å². The summed E-state index contributed by atoms with van der Waals surface area (Å²) >= 11 is 2.54. The average Bonchev–Trinajstić information content (AvgIpc) is 3.51. The van der Waals surface area contributed by atoms with Crippen molar-refractivity contribution in [2.24, 2.45) is 0 Å². The van der Waals surface area contributed by atoms with Crippen molar-refractivity contribution >= 4 is 45.9 Å². The first-order valence-corrected chi connectivity index (χ1v) is 13.5. The van der Waals surface area contributed by atoms with Crippen LogP contribution < -0.4 is 9.62 Å². The molecule has 3 heterocycles. The number of hydrogen-bond acceptors (Lipinski definition) is 8. The fourth-order valence-electron chi connectivity index (χ4n) is 4.06. The second-order valence-electron chi connectivity index (χ2n) is 8.66. The molecule has 188 valence electrons. The minimum absolute atomic E-state index is 0.0988. The molecule has 0 bridgehead atoms. The van der Waals surface area contributed by atoms with Gasteiger partial charge in [-0.25, -0.2) is 4.39 Å². The minimum atomic E-state index is -0.530. The number of rotatable bonds is 8. The fraction of sp³-hybridized carbons (Fsp3) is 0.360. The van der Waals surface area contributed by atoms with Crippen LogP contribution in [0.1, 0.15) is 22.6 Å². The molecule has 1 atom stereocenters. The molecule has 2 amide bonds. The normalized spacial score (nSPS) is 18.5. The zero-order valence-electron chi connectivity index (χ0n) is 19.6. The number of anilines is 2. The van der Waals surface area contributed by atoms with E-state index in [9.17, 15) is 14.0 Å². The Kier molecular flexibility index (Phi) is 7.90. The number of carbonyl (C=O) groups is 2.